The van der Waals surface area contributed by atoms with Crippen molar-refractivity contribution < 1.29 is 9.59 Å². The zero-order valence-corrected chi connectivity index (χ0v) is 13.7. The van der Waals surface area contributed by atoms with Crippen molar-refractivity contribution in [1.29, 1.82) is 0 Å². The van der Waals surface area contributed by atoms with E-state index in [1.807, 2.05) is 24.3 Å². The maximum absolute atomic E-state index is 12.5. The number of benzene rings is 1. The summed E-state index contributed by atoms with van der Waals surface area (Å²) < 4.78 is 0. The highest BCUT2D eigenvalue weighted by molar-refractivity contribution is 6.30. The minimum absolute atomic E-state index is 0.0265. The summed E-state index contributed by atoms with van der Waals surface area (Å²) >= 11 is 5.94. The zero-order valence-electron chi connectivity index (χ0n) is 12.9. The third-order valence-corrected chi connectivity index (χ3v) is 4.53. The van der Waals surface area contributed by atoms with Crippen molar-refractivity contribution in [3.05, 3.63) is 58.6 Å². The van der Waals surface area contributed by atoms with E-state index < -0.39 is 11.8 Å². The molecule has 0 spiro atoms. The lowest BCUT2D eigenvalue weighted by atomic mass is 9.94. The van der Waals surface area contributed by atoms with Crippen molar-refractivity contribution in [3.63, 3.8) is 0 Å². The van der Waals surface area contributed by atoms with Gasteiger partial charge in [0, 0.05) is 29.4 Å². The smallest absolute Gasteiger partial charge is 0.272 e. The van der Waals surface area contributed by atoms with Crippen LogP contribution in [0.2, 0.25) is 5.02 Å². The first-order chi connectivity index (χ1) is 11.6. The molecule has 0 unspecified atom stereocenters. The van der Waals surface area contributed by atoms with Crippen LogP contribution in [0.1, 0.15) is 51.7 Å². The van der Waals surface area contributed by atoms with Gasteiger partial charge in [0.05, 0.1) is 0 Å². The summed E-state index contributed by atoms with van der Waals surface area (Å²) in [5.41, 5.74) is 6.24. The van der Waals surface area contributed by atoms with E-state index in [1.165, 1.54) is 12.4 Å². The van der Waals surface area contributed by atoms with Gasteiger partial charge in [0.2, 0.25) is 0 Å². The van der Waals surface area contributed by atoms with Crippen molar-refractivity contribution >= 4 is 23.4 Å². The molecule has 0 saturated heterocycles. The summed E-state index contributed by atoms with van der Waals surface area (Å²) in [4.78, 5) is 31.7. The molecule has 0 aliphatic heterocycles. The predicted octanol–water partition coefficient (Wildman–Crippen LogP) is 2.29. The number of nitrogens with one attached hydrogen (secondary N) is 1. The Hall–Kier alpha value is -2.47. The van der Waals surface area contributed by atoms with Gasteiger partial charge in [-0.25, -0.2) is 9.97 Å². The quantitative estimate of drug-likeness (QED) is 0.889. The molecule has 7 heteroatoms. The van der Waals surface area contributed by atoms with Crippen molar-refractivity contribution in [3.8, 4) is 0 Å². The molecule has 3 rings (SSSR count). The molecule has 24 heavy (non-hydrogen) atoms. The van der Waals surface area contributed by atoms with Crippen LogP contribution in [-0.2, 0) is 0 Å². The Morgan fingerprint density at radius 2 is 1.75 bits per heavy atom. The Morgan fingerprint density at radius 3 is 2.42 bits per heavy atom. The predicted molar refractivity (Wildman–Crippen MR) is 89.8 cm³/mol. The second-order valence-electron chi connectivity index (χ2n) is 5.79. The van der Waals surface area contributed by atoms with Gasteiger partial charge in [-0.3, -0.25) is 9.59 Å². The number of halogens is 1. The summed E-state index contributed by atoms with van der Waals surface area (Å²) in [5.74, 6) is -0.989. The average Bonchev–Trinajstić information content (AvgIpc) is 3.03. The lowest BCUT2D eigenvalue weighted by Crippen LogP contribution is -2.38. The Bertz CT molecular complexity index is 763. The first-order valence-electron chi connectivity index (χ1n) is 7.73. The Kier molecular flexibility index (Phi) is 4.76. The van der Waals surface area contributed by atoms with Gasteiger partial charge >= 0.3 is 0 Å². The molecule has 3 N–H and O–H groups in total. The number of hydrogen-bond donors (Lipinski definition) is 2. The highest BCUT2D eigenvalue weighted by atomic mass is 35.5. The van der Waals surface area contributed by atoms with Crippen LogP contribution >= 0.6 is 11.6 Å². The fourth-order valence-corrected chi connectivity index (χ4v) is 3.29. The highest BCUT2D eigenvalue weighted by Crippen LogP contribution is 2.35. The summed E-state index contributed by atoms with van der Waals surface area (Å²) in [6.45, 7) is 0. The molecule has 2 amide bonds. The molecular formula is C17H17ClN4O2. The standard InChI is InChI=1S/C17H17ClN4O2/c18-11-6-4-10(5-7-11)12-2-1-3-13(12)22-17(24)15-14(16(19)23)20-8-9-21-15/h4-9,12-13H,1-3H2,(H2,19,23)(H,22,24)/t12-,13+/m0/s1. The number of hydrogen-bond acceptors (Lipinski definition) is 4. The van der Waals surface area contributed by atoms with E-state index in [9.17, 15) is 9.59 Å². The third kappa shape index (κ3) is 3.38. The topological polar surface area (TPSA) is 98.0 Å². The Labute approximate surface area is 144 Å². The minimum Gasteiger partial charge on any atom is -0.364 e. The first-order valence-corrected chi connectivity index (χ1v) is 8.11. The van der Waals surface area contributed by atoms with Gasteiger partial charge < -0.3 is 11.1 Å². The third-order valence-electron chi connectivity index (χ3n) is 4.28. The van der Waals surface area contributed by atoms with Crippen LogP contribution in [0.25, 0.3) is 0 Å². The normalized spacial score (nSPS) is 19.9. The highest BCUT2D eigenvalue weighted by Gasteiger charge is 2.31. The summed E-state index contributed by atoms with van der Waals surface area (Å²) in [7, 11) is 0. The molecule has 124 valence electrons. The van der Waals surface area contributed by atoms with Crippen LogP contribution in [-0.4, -0.2) is 27.8 Å². The Balaban J connectivity index is 1.79. The van der Waals surface area contributed by atoms with Gasteiger partial charge in [0.25, 0.3) is 11.8 Å². The number of carbonyl (C=O) groups is 2. The largest absolute Gasteiger partial charge is 0.364 e. The molecular weight excluding hydrogens is 328 g/mol. The van der Waals surface area contributed by atoms with E-state index in [4.69, 9.17) is 17.3 Å². The molecule has 1 saturated carbocycles. The van der Waals surface area contributed by atoms with Crippen molar-refractivity contribution in [2.45, 2.75) is 31.2 Å². The molecule has 0 radical (unpaired) electrons. The second-order valence-corrected chi connectivity index (χ2v) is 6.22. The van der Waals surface area contributed by atoms with Crippen LogP contribution in [0.15, 0.2) is 36.7 Å². The SMILES string of the molecule is NC(=O)c1nccnc1C(=O)N[C@@H]1CCC[C@H]1c1ccc(Cl)cc1. The van der Waals surface area contributed by atoms with Gasteiger partial charge in [-0.1, -0.05) is 30.2 Å². The fourth-order valence-electron chi connectivity index (χ4n) is 3.16. The molecule has 1 aromatic carbocycles. The van der Waals surface area contributed by atoms with Crippen LogP contribution in [0.3, 0.4) is 0 Å². The van der Waals surface area contributed by atoms with Gasteiger partial charge in [0.15, 0.2) is 11.4 Å². The van der Waals surface area contributed by atoms with Gasteiger partial charge in [-0.15, -0.1) is 0 Å². The number of amides is 2. The number of aromatic nitrogens is 2. The number of nitrogens with zero attached hydrogens (tertiary/aromatic N) is 2. The van der Waals surface area contributed by atoms with Gasteiger partial charge in [-0.2, -0.15) is 0 Å². The molecule has 1 aliphatic rings. The fraction of sp³-hybridized carbons (Fsp3) is 0.294. The number of carbonyl (C=O) groups excluding carboxylic acids is 2. The van der Waals surface area contributed by atoms with E-state index in [1.54, 1.807) is 0 Å². The van der Waals surface area contributed by atoms with E-state index in [0.717, 1.165) is 24.8 Å². The van der Waals surface area contributed by atoms with Gasteiger partial charge in [0.1, 0.15) is 0 Å². The molecule has 1 fully saturated rings. The van der Waals surface area contributed by atoms with Crippen LogP contribution in [0.5, 0.6) is 0 Å². The lowest BCUT2D eigenvalue weighted by Gasteiger charge is -2.21. The first kappa shape index (κ1) is 16.4. The molecule has 2 atom stereocenters. The summed E-state index contributed by atoms with van der Waals surface area (Å²) in [6.07, 6.45) is 5.57. The molecule has 0 bridgehead atoms. The van der Waals surface area contributed by atoms with E-state index in [2.05, 4.69) is 15.3 Å². The van der Waals surface area contributed by atoms with Crippen molar-refractivity contribution in [2.24, 2.45) is 5.73 Å². The van der Waals surface area contributed by atoms with E-state index in [-0.39, 0.29) is 23.3 Å². The molecule has 1 aliphatic carbocycles. The van der Waals surface area contributed by atoms with Crippen LogP contribution < -0.4 is 11.1 Å². The number of primary amides is 1. The monoisotopic (exact) mass is 344 g/mol. The van der Waals surface area contributed by atoms with Crippen molar-refractivity contribution in [1.82, 2.24) is 15.3 Å². The second kappa shape index (κ2) is 6.97. The molecule has 2 aromatic rings. The number of nitrogens with two attached hydrogens (primary N) is 1. The van der Waals surface area contributed by atoms with Crippen molar-refractivity contribution in [2.75, 3.05) is 0 Å². The van der Waals surface area contributed by atoms with Crippen LogP contribution in [0, 0.1) is 0 Å². The van der Waals surface area contributed by atoms with Gasteiger partial charge in [-0.05, 0) is 30.5 Å². The van der Waals surface area contributed by atoms with E-state index >= 15 is 0 Å². The summed E-state index contributed by atoms with van der Waals surface area (Å²) in [6, 6.07) is 7.63. The maximum atomic E-state index is 12.5. The maximum Gasteiger partial charge on any atom is 0.272 e. The zero-order chi connectivity index (χ0) is 17.1. The molecule has 1 aromatic heterocycles. The minimum atomic E-state index is -0.770. The molecule has 6 nitrogen and oxygen atoms in total. The summed E-state index contributed by atoms with van der Waals surface area (Å²) in [5, 5.41) is 3.65. The number of rotatable bonds is 4. The van der Waals surface area contributed by atoms with E-state index in [0.29, 0.717) is 5.02 Å². The Morgan fingerprint density at radius 1 is 1.08 bits per heavy atom. The average molecular weight is 345 g/mol. The lowest BCUT2D eigenvalue weighted by molar-refractivity contribution is 0.0912. The molecule has 1 heterocycles. The van der Waals surface area contributed by atoms with Crippen LogP contribution in [0.4, 0.5) is 0 Å².